The second-order valence-corrected chi connectivity index (χ2v) is 15.8. The van der Waals surface area contributed by atoms with E-state index in [1.165, 1.54) is 0 Å². The van der Waals surface area contributed by atoms with Gasteiger partial charge < -0.3 is 14.6 Å². The molecule has 7 rings (SSSR count). The highest BCUT2D eigenvalue weighted by molar-refractivity contribution is 8.06. The predicted octanol–water partition coefficient (Wildman–Crippen LogP) is 8.89. The topological polar surface area (TPSA) is 150 Å². The lowest BCUT2D eigenvalue weighted by atomic mass is 10.0. The second kappa shape index (κ2) is 16.8. The van der Waals surface area contributed by atoms with Gasteiger partial charge >= 0.3 is 0 Å². The van der Waals surface area contributed by atoms with Crippen molar-refractivity contribution in [1.82, 2.24) is 14.9 Å². The second-order valence-electron chi connectivity index (χ2n) is 13.1. The fourth-order valence-electron chi connectivity index (χ4n) is 6.30. The maximum atomic E-state index is 14.1. The molecule has 0 aliphatic rings. The largest absolute Gasteiger partial charge is 0.489 e. The molecule has 7 aromatic rings. The van der Waals surface area contributed by atoms with Gasteiger partial charge in [0.2, 0.25) is 9.84 Å². The number of halogens is 2. The summed E-state index contributed by atoms with van der Waals surface area (Å²) in [6, 6.07) is 36.3. The molecule has 2 heterocycles. The minimum absolute atomic E-state index is 0.165. The fraction of sp³-hybridized carbons (Fsp3) is 0.0930. The summed E-state index contributed by atoms with van der Waals surface area (Å²) >= 11 is 12.0. The molecule has 57 heavy (non-hydrogen) atoms. The zero-order chi connectivity index (χ0) is 40.1. The summed E-state index contributed by atoms with van der Waals surface area (Å²) < 4.78 is 35.2. The molecule has 0 saturated heterocycles. The highest BCUT2D eigenvalue weighted by Crippen LogP contribution is 2.29. The van der Waals surface area contributed by atoms with Crippen molar-refractivity contribution in [2.45, 2.75) is 30.5 Å². The third kappa shape index (κ3) is 8.89. The summed E-state index contributed by atoms with van der Waals surface area (Å²) in [5.41, 5.74) is 4.39. The number of fused-ring (bicyclic) bond motifs is 1. The van der Waals surface area contributed by atoms with E-state index >= 15 is 0 Å². The van der Waals surface area contributed by atoms with E-state index in [9.17, 15) is 28.1 Å². The number of nitrogens with one attached hydrogen (secondary N) is 1. The number of sulfone groups is 1. The number of nitro groups is 1. The van der Waals surface area contributed by atoms with E-state index in [4.69, 9.17) is 27.9 Å². The lowest BCUT2D eigenvalue weighted by Gasteiger charge is -2.18. The number of benzene rings is 5. The molecule has 0 saturated carbocycles. The normalized spacial score (nSPS) is 11.9. The molecule has 0 fully saturated rings. The molecular formula is C43H32Cl2N4O7S. The van der Waals surface area contributed by atoms with Gasteiger partial charge in [-0.2, -0.15) is 0 Å². The number of rotatable bonds is 13. The average Bonchev–Trinajstić information content (AvgIpc) is 3.59. The Morgan fingerprint density at radius 3 is 2.16 bits per heavy atom. The number of carbonyl (C=O) groups is 2. The molecule has 1 N–H and O–H groups in total. The molecule has 0 aliphatic heterocycles. The molecule has 0 bridgehead atoms. The van der Waals surface area contributed by atoms with Crippen LogP contribution in [0.3, 0.4) is 0 Å². The number of pyridine rings is 1. The maximum Gasteiger partial charge on any atom is 0.289 e. The third-order valence-corrected chi connectivity index (χ3v) is 11.5. The summed E-state index contributed by atoms with van der Waals surface area (Å²) in [6.07, 6.45) is 2.98. The van der Waals surface area contributed by atoms with Gasteiger partial charge in [-0.1, -0.05) is 102 Å². The molecule has 0 radical (unpaired) electrons. The van der Waals surface area contributed by atoms with Crippen molar-refractivity contribution in [1.29, 1.82) is 0 Å². The number of nitro benzene ring substituents is 1. The minimum atomic E-state index is -4.88. The molecule has 0 unspecified atom stereocenters. The van der Waals surface area contributed by atoms with Crippen LogP contribution < -0.4 is 10.1 Å². The van der Waals surface area contributed by atoms with Crippen molar-refractivity contribution in [3.8, 4) is 16.9 Å². The predicted molar refractivity (Wildman–Crippen MR) is 218 cm³/mol. The van der Waals surface area contributed by atoms with Crippen molar-refractivity contribution < 1.29 is 27.7 Å². The first-order valence-electron chi connectivity index (χ1n) is 17.5. The monoisotopic (exact) mass is 818 g/mol. The van der Waals surface area contributed by atoms with Crippen molar-refractivity contribution in [3.05, 3.63) is 188 Å². The molecule has 11 nitrogen and oxygen atoms in total. The van der Waals surface area contributed by atoms with Crippen LogP contribution in [0.15, 0.2) is 151 Å². The van der Waals surface area contributed by atoms with Crippen LogP contribution >= 0.6 is 23.2 Å². The van der Waals surface area contributed by atoms with Crippen molar-refractivity contribution in [2.24, 2.45) is 0 Å². The molecule has 14 heteroatoms. The van der Waals surface area contributed by atoms with Crippen LogP contribution in [-0.4, -0.2) is 40.0 Å². The van der Waals surface area contributed by atoms with Crippen LogP contribution in [0.25, 0.3) is 22.2 Å². The molecule has 1 atom stereocenters. The van der Waals surface area contributed by atoms with Gasteiger partial charge in [-0.05, 0) is 76.3 Å². The molecule has 1 amide bonds. The van der Waals surface area contributed by atoms with Gasteiger partial charge in [0.15, 0.2) is 0 Å². The van der Waals surface area contributed by atoms with Gasteiger partial charge in [-0.25, -0.2) is 13.4 Å². The minimum Gasteiger partial charge on any atom is -0.489 e. The van der Waals surface area contributed by atoms with Crippen molar-refractivity contribution in [2.75, 3.05) is 0 Å². The van der Waals surface area contributed by atoms with Gasteiger partial charge in [0, 0.05) is 41.8 Å². The van der Waals surface area contributed by atoms with Crippen LogP contribution in [0.1, 0.15) is 27.0 Å². The number of hydrogen-bond acceptors (Lipinski definition) is 8. The van der Waals surface area contributed by atoms with Crippen LogP contribution in [0.2, 0.25) is 10.0 Å². The molecule has 0 spiro atoms. The van der Waals surface area contributed by atoms with Crippen molar-refractivity contribution >= 4 is 60.8 Å². The first-order valence-corrected chi connectivity index (χ1v) is 19.8. The lowest BCUT2D eigenvalue weighted by molar-refractivity contribution is -0.384. The average molecular weight is 820 g/mol. The Morgan fingerprint density at radius 1 is 0.807 bits per heavy atom. The van der Waals surface area contributed by atoms with Gasteiger partial charge in [0.05, 0.1) is 15.4 Å². The summed E-state index contributed by atoms with van der Waals surface area (Å²) in [4.78, 5) is 42.8. The van der Waals surface area contributed by atoms with Gasteiger partial charge in [0.25, 0.3) is 16.7 Å². The molecule has 286 valence electrons. The van der Waals surface area contributed by atoms with E-state index in [1.54, 1.807) is 53.4 Å². The summed E-state index contributed by atoms with van der Waals surface area (Å²) in [6.45, 7) is 0.673. The zero-order valence-electron chi connectivity index (χ0n) is 29.9. The highest BCUT2D eigenvalue weighted by atomic mass is 35.5. The van der Waals surface area contributed by atoms with Gasteiger partial charge in [-0.15, -0.1) is 0 Å². The van der Waals surface area contributed by atoms with E-state index in [1.807, 2.05) is 78.9 Å². The Hall–Kier alpha value is -6.34. The number of amides is 1. The van der Waals surface area contributed by atoms with Crippen LogP contribution in [0.4, 0.5) is 5.69 Å². The standard InChI is InChI=1S/C43H32Cl2N4O7S/c44-33-16-14-32(15-17-33)31-12-8-29(9-13-31)25-48-26-37(36-7-4-22-46-41(36)48)42(50)47-39(43(51)57(54,55)35-20-21-38(45)40(24-35)49(52)53)23-28-10-18-34(19-11-28)56-27-30-5-2-1-3-6-30/h1-22,24,26,39H,23,25,27H2,(H,47,50)/t39-/m0/s1. The summed E-state index contributed by atoms with van der Waals surface area (Å²) in [5.74, 6) is -0.182. The SMILES string of the molecule is O=C(N[C@@H](Cc1ccc(OCc2ccccc2)cc1)C(=O)S(=O)(=O)c1ccc(Cl)c([N+](=O)[O-])c1)c1cn(Cc2ccc(-c3ccc(Cl)cc3)cc2)c2ncccc12. The van der Waals surface area contributed by atoms with E-state index in [0.717, 1.165) is 40.5 Å². The number of hydrogen-bond donors (Lipinski definition) is 1. The van der Waals surface area contributed by atoms with Crippen LogP contribution in [0, 0.1) is 10.1 Å². The van der Waals surface area contributed by atoms with Gasteiger partial charge in [0.1, 0.15) is 29.1 Å². The number of aromatic nitrogens is 2. The zero-order valence-corrected chi connectivity index (χ0v) is 32.2. The number of ether oxygens (including phenoxy) is 1. The lowest BCUT2D eigenvalue weighted by Crippen LogP contribution is -2.45. The Morgan fingerprint density at radius 2 is 1.47 bits per heavy atom. The van der Waals surface area contributed by atoms with E-state index in [2.05, 4.69) is 10.3 Å². The van der Waals surface area contributed by atoms with E-state index in [0.29, 0.717) is 40.5 Å². The quantitative estimate of drug-likeness (QED) is 0.0896. The first-order chi connectivity index (χ1) is 27.5. The number of nitrogens with zero attached hydrogens (tertiary/aromatic N) is 3. The maximum absolute atomic E-state index is 14.1. The van der Waals surface area contributed by atoms with Crippen LogP contribution in [-0.2, 0) is 34.2 Å². The molecule has 2 aromatic heterocycles. The van der Waals surface area contributed by atoms with Crippen molar-refractivity contribution in [3.63, 3.8) is 0 Å². The smallest absolute Gasteiger partial charge is 0.289 e. The molecule has 0 aliphatic carbocycles. The molecule has 5 aromatic carbocycles. The summed E-state index contributed by atoms with van der Waals surface area (Å²) in [5, 5.41) is 13.7. The van der Waals surface area contributed by atoms with Crippen LogP contribution in [0.5, 0.6) is 5.75 Å². The van der Waals surface area contributed by atoms with E-state index < -0.39 is 42.4 Å². The summed E-state index contributed by atoms with van der Waals surface area (Å²) in [7, 11) is -4.88. The number of carbonyl (C=O) groups excluding carboxylic acids is 2. The third-order valence-electron chi connectivity index (χ3n) is 9.25. The molecular weight excluding hydrogens is 787 g/mol. The Balaban J connectivity index is 1.17. The highest BCUT2D eigenvalue weighted by Gasteiger charge is 2.36. The van der Waals surface area contributed by atoms with E-state index in [-0.39, 0.29) is 17.0 Å². The fourth-order valence-corrected chi connectivity index (χ4v) is 7.87. The Bertz CT molecular complexity index is 2710. The Kier molecular flexibility index (Phi) is 11.5. The Labute approximate surface area is 337 Å². The van der Waals surface area contributed by atoms with Gasteiger partial charge in [-0.3, -0.25) is 19.7 Å². The first kappa shape index (κ1) is 38.9.